The van der Waals surface area contributed by atoms with Gasteiger partial charge in [-0.15, -0.1) is 0 Å². The van der Waals surface area contributed by atoms with E-state index in [1.165, 1.54) is 57.8 Å². The Morgan fingerprint density at radius 2 is 0.970 bits per heavy atom. The molecule has 1 aliphatic rings. The van der Waals surface area contributed by atoms with Crippen molar-refractivity contribution < 1.29 is 19.1 Å². The van der Waals surface area contributed by atoms with Gasteiger partial charge < -0.3 is 9.47 Å². The quantitative estimate of drug-likeness (QED) is 0.142. The van der Waals surface area contributed by atoms with E-state index in [0.29, 0.717) is 19.6 Å². The molecule has 0 aromatic heterocycles. The first kappa shape index (κ1) is 30.0. The second kappa shape index (κ2) is 19.3. The van der Waals surface area contributed by atoms with Gasteiger partial charge in [0.1, 0.15) is 0 Å². The summed E-state index contributed by atoms with van der Waals surface area (Å²) in [7, 11) is 0. The van der Waals surface area contributed by atoms with Crippen molar-refractivity contribution in [3.63, 3.8) is 0 Å². The number of ether oxygens (including phenoxy) is 2. The molecule has 0 amide bonds. The molecule has 0 aliphatic heterocycles. The summed E-state index contributed by atoms with van der Waals surface area (Å²) < 4.78 is 11.0. The summed E-state index contributed by atoms with van der Waals surface area (Å²) in [6.07, 6.45) is 19.1. The number of unbranched alkanes of at least 4 members (excludes halogenated alkanes) is 9. The molecule has 0 aromatic rings. The van der Waals surface area contributed by atoms with Gasteiger partial charge >= 0.3 is 11.9 Å². The average Bonchev–Trinajstić information content (AvgIpc) is 2.79. The monoisotopic (exact) mass is 466 g/mol. The molecule has 194 valence electrons. The minimum Gasteiger partial charge on any atom is -0.465 e. The lowest BCUT2D eigenvalue weighted by Crippen LogP contribution is -2.30. The second-order valence-corrected chi connectivity index (χ2v) is 11.1. The molecule has 0 radical (unpaired) electrons. The lowest BCUT2D eigenvalue weighted by Gasteiger charge is -2.26. The maximum atomic E-state index is 12.5. The van der Waals surface area contributed by atoms with Gasteiger partial charge in [0.2, 0.25) is 0 Å². The highest BCUT2D eigenvalue weighted by Gasteiger charge is 2.32. The van der Waals surface area contributed by atoms with Crippen LogP contribution in [0, 0.1) is 23.7 Å². The predicted molar refractivity (Wildman–Crippen MR) is 137 cm³/mol. The van der Waals surface area contributed by atoms with Crippen LogP contribution in [-0.2, 0) is 19.1 Å². The van der Waals surface area contributed by atoms with Crippen molar-refractivity contribution in [3.05, 3.63) is 0 Å². The molecule has 0 heterocycles. The fourth-order valence-electron chi connectivity index (χ4n) is 4.75. The van der Waals surface area contributed by atoms with Crippen LogP contribution < -0.4 is 0 Å². The van der Waals surface area contributed by atoms with E-state index in [-0.39, 0.29) is 23.8 Å². The largest absolute Gasteiger partial charge is 0.465 e. The molecular formula is C29H54O4. The molecule has 0 N–H and O–H groups in total. The van der Waals surface area contributed by atoms with Gasteiger partial charge in [-0.05, 0) is 43.9 Å². The molecule has 33 heavy (non-hydrogen) atoms. The van der Waals surface area contributed by atoms with Crippen LogP contribution in [0.4, 0.5) is 0 Å². The van der Waals surface area contributed by atoms with E-state index in [1.54, 1.807) is 0 Å². The van der Waals surface area contributed by atoms with Crippen LogP contribution in [-0.4, -0.2) is 25.2 Å². The van der Waals surface area contributed by atoms with Crippen molar-refractivity contribution in [1.29, 1.82) is 0 Å². The van der Waals surface area contributed by atoms with Crippen molar-refractivity contribution in [2.24, 2.45) is 23.7 Å². The van der Waals surface area contributed by atoms with Gasteiger partial charge in [0, 0.05) is 0 Å². The molecule has 4 heteroatoms. The van der Waals surface area contributed by atoms with Crippen molar-refractivity contribution in [2.45, 2.75) is 137 Å². The Hall–Kier alpha value is -1.06. The topological polar surface area (TPSA) is 52.6 Å². The maximum absolute atomic E-state index is 12.5. The number of carbonyl (C=O) groups is 2. The fraction of sp³-hybridized carbons (Fsp3) is 0.931. The molecule has 4 nitrogen and oxygen atoms in total. The van der Waals surface area contributed by atoms with Gasteiger partial charge in [0.25, 0.3) is 0 Å². The third-order valence-electron chi connectivity index (χ3n) is 6.93. The summed E-state index contributed by atoms with van der Waals surface area (Å²) >= 11 is 0. The van der Waals surface area contributed by atoms with Crippen LogP contribution in [0.3, 0.4) is 0 Å². The summed E-state index contributed by atoms with van der Waals surface area (Å²) in [4.78, 5) is 24.9. The third kappa shape index (κ3) is 16.2. The maximum Gasteiger partial charge on any atom is 0.308 e. The highest BCUT2D eigenvalue weighted by molar-refractivity contribution is 5.76. The Morgan fingerprint density at radius 3 is 1.39 bits per heavy atom. The first-order chi connectivity index (χ1) is 15.9. The summed E-state index contributed by atoms with van der Waals surface area (Å²) in [5, 5.41) is 0. The van der Waals surface area contributed by atoms with E-state index >= 15 is 0 Å². The summed E-state index contributed by atoms with van der Waals surface area (Å²) in [5.74, 6) is 1.09. The summed E-state index contributed by atoms with van der Waals surface area (Å²) in [5.41, 5.74) is 0. The Kier molecular flexibility index (Phi) is 17.5. The van der Waals surface area contributed by atoms with E-state index < -0.39 is 0 Å². The normalized spacial score (nSPS) is 18.6. The Labute approximate surface area is 205 Å². The Balaban J connectivity index is 2.04. The standard InChI is InChI=1S/C29H54O4/c1-24(2)17-12-9-7-5-6-8-10-14-21-32-28(30)26-19-16-20-27(23-26)29(31)33-22-15-11-13-18-25(3)4/h24-27H,5-23H2,1-4H3. The highest BCUT2D eigenvalue weighted by Crippen LogP contribution is 2.31. The van der Waals surface area contributed by atoms with Crippen LogP contribution in [0.25, 0.3) is 0 Å². The zero-order chi connectivity index (χ0) is 24.3. The van der Waals surface area contributed by atoms with Gasteiger partial charge in [0.05, 0.1) is 25.0 Å². The molecular weight excluding hydrogens is 412 g/mol. The van der Waals surface area contributed by atoms with Crippen molar-refractivity contribution >= 4 is 11.9 Å². The van der Waals surface area contributed by atoms with E-state index in [0.717, 1.165) is 56.8 Å². The summed E-state index contributed by atoms with van der Waals surface area (Å²) in [6, 6.07) is 0. The first-order valence-corrected chi connectivity index (χ1v) is 14.2. The van der Waals surface area contributed by atoms with Gasteiger partial charge in [-0.2, -0.15) is 0 Å². The molecule has 1 aliphatic carbocycles. The van der Waals surface area contributed by atoms with Crippen molar-refractivity contribution in [1.82, 2.24) is 0 Å². The lowest BCUT2D eigenvalue weighted by molar-refractivity contribution is -0.155. The second-order valence-electron chi connectivity index (χ2n) is 11.1. The number of hydrogen-bond donors (Lipinski definition) is 0. The molecule has 1 rings (SSSR count). The zero-order valence-electron chi connectivity index (χ0n) is 22.4. The zero-order valence-corrected chi connectivity index (χ0v) is 22.4. The van der Waals surface area contributed by atoms with Gasteiger partial charge in [0.15, 0.2) is 0 Å². The number of rotatable bonds is 19. The van der Waals surface area contributed by atoms with Gasteiger partial charge in [-0.25, -0.2) is 0 Å². The predicted octanol–water partition coefficient (Wildman–Crippen LogP) is 8.26. The molecule has 0 aromatic carbocycles. The van der Waals surface area contributed by atoms with Crippen LogP contribution in [0.5, 0.6) is 0 Å². The fourth-order valence-corrected chi connectivity index (χ4v) is 4.75. The minimum absolute atomic E-state index is 0.105. The third-order valence-corrected chi connectivity index (χ3v) is 6.93. The van der Waals surface area contributed by atoms with Crippen LogP contribution in [0.1, 0.15) is 137 Å². The number of hydrogen-bond acceptors (Lipinski definition) is 4. The minimum atomic E-state index is -0.132. The molecule has 0 spiro atoms. The van der Waals surface area contributed by atoms with Crippen molar-refractivity contribution in [2.75, 3.05) is 13.2 Å². The molecule has 2 atom stereocenters. The van der Waals surface area contributed by atoms with Crippen LogP contribution >= 0.6 is 0 Å². The molecule has 2 unspecified atom stereocenters. The molecule has 0 bridgehead atoms. The van der Waals surface area contributed by atoms with Gasteiger partial charge in [-0.1, -0.05) is 105 Å². The van der Waals surface area contributed by atoms with Gasteiger partial charge in [-0.3, -0.25) is 9.59 Å². The van der Waals surface area contributed by atoms with E-state index in [1.807, 2.05) is 0 Å². The Morgan fingerprint density at radius 1 is 0.606 bits per heavy atom. The van der Waals surface area contributed by atoms with Crippen molar-refractivity contribution in [3.8, 4) is 0 Å². The Bertz CT molecular complexity index is 500. The first-order valence-electron chi connectivity index (χ1n) is 14.2. The highest BCUT2D eigenvalue weighted by atomic mass is 16.5. The average molecular weight is 467 g/mol. The van der Waals surface area contributed by atoms with Crippen LogP contribution in [0.15, 0.2) is 0 Å². The lowest BCUT2D eigenvalue weighted by atomic mass is 9.81. The van der Waals surface area contributed by atoms with Crippen LogP contribution in [0.2, 0.25) is 0 Å². The van der Waals surface area contributed by atoms with E-state index in [2.05, 4.69) is 27.7 Å². The molecule has 0 saturated heterocycles. The van der Waals surface area contributed by atoms with E-state index in [9.17, 15) is 9.59 Å². The van der Waals surface area contributed by atoms with E-state index in [4.69, 9.17) is 9.47 Å². The SMILES string of the molecule is CC(C)CCCCCCCCCCOC(=O)C1CCCC(C(=O)OCCCCCC(C)C)C1. The summed E-state index contributed by atoms with van der Waals surface area (Å²) in [6.45, 7) is 10.1. The molecule has 1 saturated carbocycles. The number of esters is 2. The smallest absolute Gasteiger partial charge is 0.308 e. The number of carbonyl (C=O) groups excluding carboxylic acids is 2. The molecule has 1 fully saturated rings.